The summed E-state index contributed by atoms with van der Waals surface area (Å²) in [6.45, 7) is 13.7. The highest BCUT2D eigenvalue weighted by Gasteiger charge is 2.29. The lowest BCUT2D eigenvalue weighted by molar-refractivity contribution is -0.136. The fourth-order valence-corrected chi connectivity index (χ4v) is 4.35. The minimum Gasteiger partial charge on any atom is -0.481 e. The number of halogens is 1. The number of aryl methyl sites for hydroxylation is 1. The number of aromatic nitrogens is 3. The molecule has 4 rings (SSSR count). The molecule has 0 saturated carbocycles. The number of benzene rings is 1. The number of anilines is 1. The Morgan fingerprint density at radius 3 is 2.17 bits per heavy atom. The Morgan fingerprint density at radius 1 is 1.05 bits per heavy atom. The van der Waals surface area contributed by atoms with Crippen molar-refractivity contribution in [2.24, 2.45) is 5.41 Å². The summed E-state index contributed by atoms with van der Waals surface area (Å²) in [5.74, 6) is -1.15. The molecule has 0 aliphatic carbocycles. The van der Waals surface area contributed by atoms with Crippen LogP contribution in [0.1, 0.15) is 64.3 Å². The van der Waals surface area contributed by atoms with Crippen molar-refractivity contribution in [3.05, 3.63) is 65.5 Å². The van der Waals surface area contributed by atoms with E-state index in [1.54, 1.807) is 51.5 Å². The first-order chi connectivity index (χ1) is 18.7. The fourth-order valence-electron chi connectivity index (χ4n) is 4.35. The van der Waals surface area contributed by atoms with Gasteiger partial charge in [0.25, 0.3) is 0 Å². The number of carboxylic acid groups (broad SMARTS) is 1. The van der Waals surface area contributed by atoms with E-state index in [1.165, 1.54) is 12.1 Å². The van der Waals surface area contributed by atoms with E-state index in [-0.39, 0.29) is 23.7 Å². The first-order valence-electron chi connectivity index (χ1n) is 13.6. The van der Waals surface area contributed by atoms with Gasteiger partial charge in [0.1, 0.15) is 5.82 Å². The predicted molar refractivity (Wildman–Crippen MR) is 154 cm³/mol. The molecule has 1 saturated heterocycles. The summed E-state index contributed by atoms with van der Waals surface area (Å²) in [6.07, 6.45) is 7.73. The number of pyridine rings is 1. The van der Waals surface area contributed by atoms with Gasteiger partial charge >= 0.3 is 12.0 Å². The largest absolute Gasteiger partial charge is 0.481 e. The standard InChI is InChI=1S/C27H31FN4O3.C4H10O/c1-18-22(14-24(33)34)25(32-11-9-27(2,3)10-12-32)23(17-29-18)20-15-30-26(31-16-20)35-13-8-19-4-6-21(28)7-5-19;1-4(2,3)5/h4-7,15-17H,8-14H2,1-3H3,(H,33,34);5H,1-3H3. The van der Waals surface area contributed by atoms with Gasteiger partial charge in [-0.05, 0) is 63.6 Å². The molecule has 0 radical (unpaired) electrons. The van der Waals surface area contributed by atoms with Gasteiger partial charge in [0, 0.05) is 60.5 Å². The maximum Gasteiger partial charge on any atom is 0.316 e. The molecule has 40 heavy (non-hydrogen) atoms. The summed E-state index contributed by atoms with van der Waals surface area (Å²) in [5.41, 5.74) is 4.67. The Bertz CT molecular complexity index is 1260. The minimum absolute atomic E-state index is 0.0899. The van der Waals surface area contributed by atoms with Gasteiger partial charge in [-0.1, -0.05) is 26.0 Å². The third-order valence-electron chi connectivity index (χ3n) is 6.60. The van der Waals surface area contributed by atoms with E-state index in [1.807, 2.05) is 6.92 Å². The zero-order valence-corrected chi connectivity index (χ0v) is 24.4. The van der Waals surface area contributed by atoms with Gasteiger partial charge in [0.15, 0.2) is 0 Å². The number of ether oxygens (including phenoxy) is 1. The van der Waals surface area contributed by atoms with E-state index >= 15 is 0 Å². The SMILES string of the molecule is CC(C)(C)O.Cc1ncc(-c2cnc(OCCc3ccc(F)cc3)nc2)c(N2CCC(C)(C)CC2)c1CC(=O)O. The highest BCUT2D eigenvalue weighted by Crippen LogP contribution is 2.39. The topological polar surface area (TPSA) is 109 Å². The molecule has 1 aromatic carbocycles. The maximum absolute atomic E-state index is 13.1. The van der Waals surface area contributed by atoms with Crippen LogP contribution in [0.5, 0.6) is 6.01 Å². The molecule has 1 aliphatic rings. The van der Waals surface area contributed by atoms with Crippen LogP contribution in [-0.4, -0.2) is 56.4 Å². The molecule has 0 spiro atoms. The van der Waals surface area contributed by atoms with E-state index in [0.29, 0.717) is 13.0 Å². The second-order valence-corrected chi connectivity index (χ2v) is 12.0. The van der Waals surface area contributed by atoms with E-state index in [4.69, 9.17) is 9.84 Å². The maximum atomic E-state index is 13.1. The number of aliphatic carboxylic acids is 1. The number of hydrogen-bond acceptors (Lipinski definition) is 7. The van der Waals surface area contributed by atoms with Crippen molar-refractivity contribution >= 4 is 11.7 Å². The highest BCUT2D eigenvalue weighted by atomic mass is 19.1. The number of rotatable bonds is 8. The second kappa shape index (κ2) is 13.2. The van der Waals surface area contributed by atoms with Gasteiger partial charge in [-0.2, -0.15) is 0 Å². The smallest absolute Gasteiger partial charge is 0.316 e. The van der Waals surface area contributed by atoms with Gasteiger partial charge < -0.3 is 19.8 Å². The number of carboxylic acids is 1. The summed E-state index contributed by atoms with van der Waals surface area (Å²) < 4.78 is 18.7. The molecule has 0 amide bonds. The van der Waals surface area contributed by atoms with Crippen molar-refractivity contribution in [3.8, 4) is 17.1 Å². The quantitative estimate of drug-likeness (QED) is 0.370. The Labute approximate surface area is 236 Å². The van der Waals surface area contributed by atoms with Gasteiger partial charge in [0.05, 0.1) is 24.3 Å². The van der Waals surface area contributed by atoms with Gasteiger partial charge in [-0.3, -0.25) is 9.78 Å². The molecule has 9 heteroatoms. The monoisotopic (exact) mass is 552 g/mol. The average Bonchev–Trinajstić information content (AvgIpc) is 2.86. The summed E-state index contributed by atoms with van der Waals surface area (Å²) in [7, 11) is 0. The Kier molecular flexibility index (Phi) is 10.2. The Hall–Kier alpha value is -3.59. The van der Waals surface area contributed by atoms with Crippen LogP contribution in [0.25, 0.3) is 11.1 Å². The van der Waals surface area contributed by atoms with Crippen LogP contribution in [0, 0.1) is 18.2 Å². The third-order valence-corrected chi connectivity index (χ3v) is 6.60. The molecular weight excluding hydrogens is 511 g/mol. The zero-order chi connectivity index (χ0) is 29.5. The fraction of sp³-hybridized carbons (Fsp3) is 0.484. The predicted octanol–water partition coefficient (Wildman–Crippen LogP) is 5.64. The van der Waals surface area contributed by atoms with E-state index in [0.717, 1.165) is 59.6 Å². The van der Waals surface area contributed by atoms with Gasteiger partial charge in [-0.25, -0.2) is 14.4 Å². The third kappa shape index (κ3) is 9.55. The van der Waals surface area contributed by atoms with Crippen LogP contribution in [0.15, 0.2) is 42.9 Å². The molecule has 1 fully saturated rings. The summed E-state index contributed by atoms with van der Waals surface area (Å²) in [4.78, 5) is 27.2. The lowest BCUT2D eigenvalue weighted by atomic mass is 9.82. The highest BCUT2D eigenvalue weighted by molar-refractivity contribution is 5.84. The summed E-state index contributed by atoms with van der Waals surface area (Å²) in [5, 5.41) is 18.1. The summed E-state index contributed by atoms with van der Waals surface area (Å²) >= 11 is 0. The molecule has 0 atom stereocenters. The normalized spacial score (nSPS) is 14.8. The molecule has 3 aromatic rings. The van der Waals surface area contributed by atoms with Crippen LogP contribution in [-0.2, 0) is 17.6 Å². The van der Waals surface area contributed by atoms with Gasteiger partial charge in [0.2, 0.25) is 0 Å². The van der Waals surface area contributed by atoms with Crippen molar-refractivity contribution in [3.63, 3.8) is 0 Å². The molecule has 2 N–H and O–H groups in total. The molecule has 1 aliphatic heterocycles. The van der Waals surface area contributed by atoms with Crippen LogP contribution < -0.4 is 9.64 Å². The van der Waals surface area contributed by atoms with Crippen LogP contribution in [0.2, 0.25) is 0 Å². The van der Waals surface area contributed by atoms with E-state index < -0.39 is 11.6 Å². The van der Waals surface area contributed by atoms with Crippen LogP contribution >= 0.6 is 0 Å². The zero-order valence-electron chi connectivity index (χ0n) is 24.4. The Balaban J connectivity index is 0.000000810. The molecule has 3 heterocycles. The van der Waals surface area contributed by atoms with Crippen molar-refractivity contribution in [1.29, 1.82) is 0 Å². The van der Waals surface area contributed by atoms with Gasteiger partial charge in [-0.15, -0.1) is 0 Å². The number of nitrogens with zero attached hydrogens (tertiary/aromatic N) is 4. The lowest BCUT2D eigenvalue weighted by Gasteiger charge is -2.40. The first kappa shape index (κ1) is 30.9. The molecule has 8 nitrogen and oxygen atoms in total. The summed E-state index contributed by atoms with van der Waals surface area (Å²) in [6, 6.07) is 6.56. The molecule has 216 valence electrons. The molecule has 2 aromatic heterocycles. The second-order valence-electron chi connectivity index (χ2n) is 12.0. The van der Waals surface area contributed by atoms with Crippen LogP contribution in [0.4, 0.5) is 10.1 Å². The number of piperidine rings is 1. The van der Waals surface area contributed by atoms with Crippen molar-refractivity contribution in [2.45, 2.75) is 72.8 Å². The van der Waals surface area contributed by atoms with Crippen molar-refractivity contribution < 1.29 is 24.1 Å². The molecular formula is C31H41FN4O4. The van der Waals surface area contributed by atoms with Crippen LogP contribution in [0.3, 0.4) is 0 Å². The lowest BCUT2D eigenvalue weighted by Crippen LogP contribution is -2.38. The van der Waals surface area contributed by atoms with E-state index in [9.17, 15) is 14.3 Å². The molecule has 0 unspecified atom stereocenters. The first-order valence-corrected chi connectivity index (χ1v) is 13.6. The molecule has 0 bridgehead atoms. The number of hydrogen-bond donors (Lipinski definition) is 2. The minimum atomic E-state index is -0.883. The van der Waals surface area contributed by atoms with Crippen molar-refractivity contribution in [2.75, 3.05) is 24.6 Å². The Morgan fingerprint density at radius 2 is 1.62 bits per heavy atom. The average molecular weight is 553 g/mol. The van der Waals surface area contributed by atoms with Crippen molar-refractivity contribution in [1.82, 2.24) is 15.0 Å². The van der Waals surface area contributed by atoms with E-state index in [2.05, 4.69) is 33.7 Å². The number of carbonyl (C=O) groups is 1. The number of aliphatic hydroxyl groups is 1.